The maximum Gasteiger partial charge on any atom is 0.339 e. The highest BCUT2D eigenvalue weighted by molar-refractivity contribution is 6.01. The van der Waals surface area contributed by atoms with E-state index in [1.165, 1.54) is 20.4 Å². The summed E-state index contributed by atoms with van der Waals surface area (Å²) in [6.07, 6.45) is 2.64. The number of aromatic nitrogens is 4. The molecule has 1 fully saturated rings. The lowest BCUT2D eigenvalue weighted by Gasteiger charge is -2.21. The summed E-state index contributed by atoms with van der Waals surface area (Å²) in [6, 6.07) is 23.6. The summed E-state index contributed by atoms with van der Waals surface area (Å²) in [5.41, 5.74) is 13.6. The van der Waals surface area contributed by atoms with Gasteiger partial charge in [0.15, 0.2) is 11.5 Å². The highest BCUT2D eigenvalue weighted by atomic mass is 16.5. The van der Waals surface area contributed by atoms with E-state index in [1.807, 2.05) is 30.3 Å². The number of amides is 1. The van der Waals surface area contributed by atoms with Crippen molar-refractivity contribution in [3.05, 3.63) is 95.7 Å². The number of anilines is 2. The van der Waals surface area contributed by atoms with Crippen LogP contribution in [0.3, 0.4) is 0 Å². The monoisotopic (exact) mass is 507 g/mol. The molecule has 0 aliphatic heterocycles. The maximum absolute atomic E-state index is 13.9. The van der Waals surface area contributed by atoms with Crippen molar-refractivity contribution in [3.8, 4) is 22.9 Å². The SMILES string of the molecule is CN(C(=O)C1(N)CC1)c1cccc(-n2c(=O)n(-c3ccc(Oc4ccccc4)cc3)c3c(N)ncnc32)c1. The van der Waals surface area contributed by atoms with E-state index < -0.39 is 5.54 Å². The van der Waals surface area contributed by atoms with Gasteiger partial charge in [0.2, 0.25) is 5.91 Å². The van der Waals surface area contributed by atoms with Gasteiger partial charge >= 0.3 is 5.69 Å². The average molecular weight is 508 g/mol. The number of hydrogen-bond donors (Lipinski definition) is 2. The van der Waals surface area contributed by atoms with E-state index in [2.05, 4.69) is 9.97 Å². The molecule has 190 valence electrons. The zero-order valence-corrected chi connectivity index (χ0v) is 20.6. The van der Waals surface area contributed by atoms with Crippen LogP contribution in [0.25, 0.3) is 22.5 Å². The van der Waals surface area contributed by atoms with Crippen molar-refractivity contribution < 1.29 is 9.53 Å². The van der Waals surface area contributed by atoms with Gasteiger partial charge in [0, 0.05) is 12.7 Å². The van der Waals surface area contributed by atoms with E-state index in [0.29, 0.717) is 52.6 Å². The number of imidazole rings is 1. The van der Waals surface area contributed by atoms with Gasteiger partial charge in [-0.2, -0.15) is 0 Å². The minimum Gasteiger partial charge on any atom is -0.457 e. The van der Waals surface area contributed by atoms with Gasteiger partial charge < -0.3 is 21.1 Å². The van der Waals surface area contributed by atoms with Crippen molar-refractivity contribution >= 4 is 28.6 Å². The van der Waals surface area contributed by atoms with Crippen molar-refractivity contribution in [3.63, 3.8) is 0 Å². The predicted molar refractivity (Wildman–Crippen MR) is 145 cm³/mol. The number of likely N-dealkylation sites (N-methyl/N-ethyl adjacent to an activating group) is 1. The number of nitrogen functional groups attached to an aromatic ring is 1. The Hall–Kier alpha value is -4.96. The van der Waals surface area contributed by atoms with Gasteiger partial charge in [0.25, 0.3) is 0 Å². The summed E-state index contributed by atoms with van der Waals surface area (Å²) < 4.78 is 8.81. The predicted octanol–water partition coefficient (Wildman–Crippen LogP) is 3.40. The number of hydrogen-bond acceptors (Lipinski definition) is 7. The number of benzene rings is 3. The first-order valence-electron chi connectivity index (χ1n) is 12.1. The van der Waals surface area contributed by atoms with Gasteiger partial charge in [-0.25, -0.2) is 19.3 Å². The second-order valence-corrected chi connectivity index (χ2v) is 9.33. The number of rotatable bonds is 6. The van der Waals surface area contributed by atoms with Crippen molar-refractivity contribution in [1.82, 2.24) is 19.1 Å². The van der Waals surface area contributed by atoms with Crippen LogP contribution in [0, 0.1) is 0 Å². The fourth-order valence-corrected chi connectivity index (χ4v) is 4.45. The number of carbonyl (C=O) groups is 1. The van der Waals surface area contributed by atoms with Gasteiger partial charge in [-0.05, 0) is 67.4 Å². The topological polar surface area (TPSA) is 134 Å². The molecule has 5 aromatic rings. The molecule has 10 nitrogen and oxygen atoms in total. The lowest BCUT2D eigenvalue weighted by molar-refractivity contribution is -0.120. The summed E-state index contributed by atoms with van der Waals surface area (Å²) in [5, 5.41) is 0. The Labute approximate surface area is 217 Å². The quantitative estimate of drug-likeness (QED) is 0.360. The van der Waals surface area contributed by atoms with Crippen LogP contribution >= 0.6 is 0 Å². The first-order chi connectivity index (χ1) is 18.4. The lowest BCUT2D eigenvalue weighted by Crippen LogP contribution is -2.43. The Morgan fingerprint density at radius 3 is 2.34 bits per heavy atom. The Balaban J connectivity index is 1.43. The van der Waals surface area contributed by atoms with Crippen LogP contribution in [0.4, 0.5) is 11.5 Å². The Bertz CT molecular complexity index is 1720. The molecular formula is C28H25N7O3. The van der Waals surface area contributed by atoms with Crippen LogP contribution in [-0.4, -0.2) is 37.6 Å². The Kier molecular flexibility index (Phi) is 5.46. The molecule has 2 aromatic heterocycles. The zero-order valence-electron chi connectivity index (χ0n) is 20.6. The molecule has 10 heteroatoms. The number of nitrogens with two attached hydrogens (primary N) is 2. The van der Waals surface area contributed by atoms with Gasteiger partial charge in [0.05, 0.1) is 16.9 Å². The van der Waals surface area contributed by atoms with Crippen molar-refractivity contribution in [2.75, 3.05) is 17.7 Å². The molecule has 0 atom stereocenters. The molecular weight excluding hydrogens is 482 g/mol. The third-order valence-corrected chi connectivity index (χ3v) is 6.72. The van der Waals surface area contributed by atoms with Crippen molar-refractivity contribution in [2.45, 2.75) is 18.4 Å². The van der Waals surface area contributed by atoms with E-state index in [1.54, 1.807) is 55.6 Å². The summed E-state index contributed by atoms with van der Waals surface area (Å²) in [6.45, 7) is 0. The maximum atomic E-state index is 13.9. The van der Waals surface area contributed by atoms with Gasteiger partial charge in [-0.15, -0.1) is 0 Å². The number of ether oxygens (including phenoxy) is 1. The molecule has 0 unspecified atom stereocenters. The first kappa shape index (κ1) is 23.4. The lowest BCUT2D eigenvalue weighted by atomic mass is 10.2. The molecule has 2 heterocycles. The van der Waals surface area contributed by atoms with Crippen molar-refractivity contribution in [1.29, 1.82) is 0 Å². The number of carbonyl (C=O) groups excluding carboxylic acids is 1. The highest BCUT2D eigenvalue weighted by Crippen LogP contribution is 2.35. The molecule has 1 aliphatic carbocycles. The van der Waals surface area contributed by atoms with Gasteiger partial charge in [0.1, 0.15) is 23.3 Å². The van der Waals surface area contributed by atoms with E-state index in [-0.39, 0.29) is 17.4 Å². The Morgan fingerprint density at radius 2 is 1.63 bits per heavy atom. The van der Waals surface area contributed by atoms with E-state index >= 15 is 0 Å². The van der Waals surface area contributed by atoms with Gasteiger partial charge in [-0.3, -0.25) is 9.36 Å². The van der Waals surface area contributed by atoms with Crippen LogP contribution in [0.1, 0.15) is 12.8 Å². The molecule has 0 radical (unpaired) electrons. The van der Waals surface area contributed by atoms with E-state index in [0.717, 1.165) is 0 Å². The third kappa shape index (κ3) is 3.97. The summed E-state index contributed by atoms with van der Waals surface area (Å²) >= 11 is 0. The first-order valence-corrected chi connectivity index (χ1v) is 12.1. The summed E-state index contributed by atoms with van der Waals surface area (Å²) in [7, 11) is 1.68. The zero-order chi connectivity index (χ0) is 26.4. The standard InChI is InChI=1S/C28H25N7O3/c1-33(26(36)28(30)14-15-28)19-6-5-7-20(16-19)35-25-23(24(29)31-17-32-25)34(27(35)37)18-10-12-22(13-11-18)38-21-8-3-2-4-9-21/h2-13,16-17H,14-15,30H2,1H3,(H2,29,31,32). The minimum absolute atomic E-state index is 0.159. The Morgan fingerprint density at radius 1 is 0.921 bits per heavy atom. The van der Waals surface area contributed by atoms with Crippen LogP contribution in [0.2, 0.25) is 0 Å². The second-order valence-electron chi connectivity index (χ2n) is 9.33. The molecule has 38 heavy (non-hydrogen) atoms. The van der Waals surface area contributed by atoms with E-state index in [9.17, 15) is 9.59 Å². The van der Waals surface area contributed by atoms with Crippen LogP contribution in [0.15, 0.2) is 90.0 Å². The third-order valence-electron chi connectivity index (χ3n) is 6.72. The van der Waals surface area contributed by atoms with Crippen LogP contribution < -0.4 is 26.8 Å². The highest BCUT2D eigenvalue weighted by Gasteiger charge is 2.47. The van der Waals surface area contributed by atoms with Crippen LogP contribution in [-0.2, 0) is 4.79 Å². The van der Waals surface area contributed by atoms with E-state index in [4.69, 9.17) is 16.2 Å². The molecule has 1 aliphatic rings. The molecule has 0 saturated heterocycles. The smallest absolute Gasteiger partial charge is 0.339 e. The van der Waals surface area contributed by atoms with Crippen molar-refractivity contribution in [2.24, 2.45) is 5.73 Å². The molecule has 1 saturated carbocycles. The molecule has 6 rings (SSSR count). The minimum atomic E-state index is -0.810. The number of fused-ring (bicyclic) bond motifs is 1. The molecule has 0 bridgehead atoms. The molecule has 0 spiro atoms. The van der Waals surface area contributed by atoms with Crippen LogP contribution in [0.5, 0.6) is 11.5 Å². The summed E-state index contributed by atoms with van der Waals surface area (Å²) in [4.78, 5) is 36.7. The average Bonchev–Trinajstić information content (AvgIpc) is 3.61. The number of para-hydroxylation sites is 1. The van der Waals surface area contributed by atoms with Gasteiger partial charge in [-0.1, -0.05) is 24.3 Å². The largest absolute Gasteiger partial charge is 0.457 e. The molecule has 4 N–H and O–H groups in total. The fraction of sp³-hybridized carbons (Fsp3) is 0.143. The molecule has 3 aromatic carbocycles. The molecule has 1 amide bonds. The summed E-state index contributed by atoms with van der Waals surface area (Å²) in [5.74, 6) is 1.33. The normalized spacial score (nSPS) is 13.8. The fourth-order valence-electron chi connectivity index (χ4n) is 4.45. The second kappa shape index (κ2) is 8.86. The number of nitrogens with zero attached hydrogens (tertiary/aromatic N) is 5.